The minimum absolute atomic E-state index is 0.0771. The molecule has 1 N–H and O–H groups in total. The van der Waals surface area contributed by atoms with Crippen LogP contribution < -0.4 is 5.32 Å². The van der Waals surface area contributed by atoms with Crippen molar-refractivity contribution in [3.8, 4) is 17.3 Å². The summed E-state index contributed by atoms with van der Waals surface area (Å²) in [7, 11) is 0. The number of hydrogen-bond acceptors (Lipinski definition) is 5. The molecule has 6 nitrogen and oxygen atoms in total. The number of benzene rings is 1. The largest absolute Gasteiger partial charge is 0.433 e. The zero-order chi connectivity index (χ0) is 24.0. The maximum Gasteiger partial charge on any atom is 0.433 e. The maximum absolute atomic E-state index is 13.8. The Morgan fingerprint density at radius 2 is 2.06 bits per heavy atom. The van der Waals surface area contributed by atoms with E-state index in [2.05, 4.69) is 28.4 Å². The Hall–Kier alpha value is -3.71. The number of thiophene rings is 1. The molecule has 4 aromatic rings. The second-order valence-electron chi connectivity index (χ2n) is 8.31. The predicted molar refractivity (Wildman–Crippen MR) is 122 cm³/mol. The van der Waals surface area contributed by atoms with E-state index >= 15 is 0 Å². The molecule has 1 atom stereocenters. The lowest BCUT2D eigenvalue weighted by atomic mass is 9.88. The summed E-state index contributed by atoms with van der Waals surface area (Å²) in [6, 6.07) is 11.5. The molecule has 0 unspecified atom stereocenters. The van der Waals surface area contributed by atoms with Crippen LogP contribution in [0.2, 0.25) is 0 Å². The molecule has 0 fully saturated rings. The average molecular weight is 482 g/mol. The molecule has 0 saturated carbocycles. The highest BCUT2D eigenvalue weighted by Crippen LogP contribution is 2.39. The topological polar surface area (TPSA) is 83.1 Å². The van der Waals surface area contributed by atoms with Gasteiger partial charge < -0.3 is 5.32 Å². The smallest absolute Gasteiger partial charge is 0.312 e. The van der Waals surface area contributed by atoms with Crippen molar-refractivity contribution >= 4 is 27.9 Å². The zero-order valence-electron chi connectivity index (χ0n) is 18.0. The molecule has 0 bridgehead atoms. The Morgan fingerprint density at radius 3 is 2.76 bits per heavy atom. The van der Waals surface area contributed by atoms with Crippen LogP contribution in [0, 0.1) is 17.2 Å². The van der Waals surface area contributed by atoms with Crippen molar-refractivity contribution in [1.82, 2.24) is 14.6 Å². The fourth-order valence-corrected chi connectivity index (χ4v) is 5.57. The number of nitriles is 1. The number of rotatable bonds is 3. The number of hydrogen-bond donors (Lipinski definition) is 1. The molecule has 10 heteroatoms. The molecule has 0 spiro atoms. The normalized spacial score (nSPS) is 15.7. The van der Waals surface area contributed by atoms with Gasteiger partial charge in [0, 0.05) is 10.4 Å². The Kier molecular flexibility index (Phi) is 5.37. The summed E-state index contributed by atoms with van der Waals surface area (Å²) in [6.07, 6.45) is -1.07. The molecule has 5 rings (SSSR count). The van der Waals surface area contributed by atoms with Gasteiger partial charge in [0.2, 0.25) is 0 Å². The van der Waals surface area contributed by atoms with Crippen LogP contribution in [-0.2, 0) is 19.0 Å². The molecule has 1 aliphatic carbocycles. The van der Waals surface area contributed by atoms with E-state index < -0.39 is 17.8 Å². The van der Waals surface area contributed by atoms with Crippen LogP contribution in [0.25, 0.3) is 16.9 Å². The zero-order valence-corrected chi connectivity index (χ0v) is 18.8. The summed E-state index contributed by atoms with van der Waals surface area (Å²) < 4.78 is 42.1. The van der Waals surface area contributed by atoms with Crippen LogP contribution in [0.15, 0.2) is 42.6 Å². The summed E-state index contributed by atoms with van der Waals surface area (Å²) in [5, 5.41) is 16.6. The number of fused-ring (bicyclic) bond motifs is 2. The molecule has 0 radical (unpaired) electrons. The number of anilines is 1. The van der Waals surface area contributed by atoms with Crippen molar-refractivity contribution in [2.24, 2.45) is 5.92 Å². The van der Waals surface area contributed by atoms with Gasteiger partial charge in [0.05, 0.1) is 17.5 Å². The van der Waals surface area contributed by atoms with E-state index in [9.17, 15) is 23.2 Å². The summed E-state index contributed by atoms with van der Waals surface area (Å²) in [5.74, 6) is -0.175. The summed E-state index contributed by atoms with van der Waals surface area (Å²) in [5.41, 5.74) is 0.582. The number of amides is 1. The van der Waals surface area contributed by atoms with Crippen molar-refractivity contribution in [2.75, 3.05) is 5.32 Å². The first-order valence-corrected chi connectivity index (χ1v) is 11.4. The van der Waals surface area contributed by atoms with Crippen molar-refractivity contribution in [1.29, 1.82) is 5.26 Å². The molecule has 3 aromatic heterocycles. The summed E-state index contributed by atoms with van der Waals surface area (Å²) in [6.45, 7) is 2.14. The van der Waals surface area contributed by atoms with Crippen LogP contribution in [0.5, 0.6) is 0 Å². The van der Waals surface area contributed by atoms with Gasteiger partial charge in [-0.25, -0.2) is 9.50 Å². The molecule has 172 valence electrons. The Balaban J connectivity index is 1.59. The molecular weight excluding hydrogens is 463 g/mol. The number of nitrogens with one attached hydrogen (secondary N) is 1. The number of halogens is 3. The first-order valence-electron chi connectivity index (χ1n) is 10.6. The average Bonchev–Trinajstić information content (AvgIpc) is 3.38. The lowest BCUT2D eigenvalue weighted by molar-refractivity contribution is -0.142. The highest BCUT2D eigenvalue weighted by Gasteiger charge is 2.36. The second-order valence-corrected chi connectivity index (χ2v) is 9.41. The number of carbonyl (C=O) groups excluding carboxylic acids is 1. The van der Waals surface area contributed by atoms with E-state index in [0.717, 1.165) is 42.0 Å². The van der Waals surface area contributed by atoms with Crippen molar-refractivity contribution < 1.29 is 18.0 Å². The number of carbonyl (C=O) groups is 1. The lowest BCUT2D eigenvalue weighted by Crippen LogP contribution is -2.16. The van der Waals surface area contributed by atoms with Gasteiger partial charge in [0.1, 0.15) is 16.6 Å². The van der Waals surface area contributed by atoms with E-state index in [0.29, 0.717) is 26.6 Å². The van der Waals surface area contributed by atoms with Gasteiger partial charge in [-0.05, 0) is 36.8 Å². The van der Waals surface area contributed by atoms with Crippen molar-refractivity contribution in [2.45, 2.75) is 32.4 Å². The number of aromatic nitrogens is 3. The van der Waals surface area contributed by atoms with Crippen molar-refractivity contribution in [3.63, 3.8) is 0 Å². The van der Waals surface area contributed by atoms with Gasteiger partial charge in [-0.15, -0.1) is 11.3 Å². The molecule has 3 heterocycles. The third-order valence-electron chi connectivity index (χ3n) is 5.93. The minimum Gasteiger partial charge on any atom is -0.312 e. The molecule has 0 aliphatic heterocycles. The third-order valence-corrected chi connectivity index (χ3v) is 7.10. The van der Waals surface area contributed by atoms with Crippen LogP contribution in [0.3, 0.4) is 0 Å². The third kappa shape index (κ3) is 3.82. The number of alkyl halides is 3. The fourth-order valence-electron chi connectivity index (χ4n) is 4.21. The van der Waals surface area contributed by atoms with E-state index in [-0.39, 0.29) is 16.9 Å². The van der Waals surface area contributed by atoms with Gasteiger partial charge in [0.25, 0.3) is 5.91 Å². The van der Waals surface area contributed by atoms with Gasteiger partial charge in [-0.3, -0.25) is 4.79 Å². The van der Waals surface area contributed by atoms with Crippen LogP contribution in [-0.4, -0.2) is 20.5 Å². The Bertz CT molecular complexity index is 1450. The van der Waals surface area contributed by atoms with Crippen LogP contribution in [0.1, 0.15) is 45.4 Å². The van der Waals surface area contributed by atoms with Gasteiger partial charge in [-0.2, -0.15) is 23.5 Å². The highest BCUT2D eigenvalue weighted by molar-refractivity contribution is 7.16. The first kappa shape index (κ1) is 22.1. The van der Waals surface area contributed by atoms with Crippen LogP contribution in [0.4, 0.5) is 18.2 Å². The van der Waals surface area contributed by atoms with Crippen LogP contribution >= 0.6 is 11.3 Å². The monoisotopic (exact) mass is 481 g/mol. The molecule has 0 saturated heterocycles. The Labute approximate surface area is 196 Å². The molecule has 34 heavy (non-hydrogen) atoms. The maximum atomic E-state index is 13.8. The van der Waals surface area contributed by atoms with Gasteiger partial charge in [-0.1, -0.05) is 37.3 Å². The summed E-state index contributed by atoms with van der Waals surface area (Å²) >= 11 is 1.35. The number of nitrogens with zero attached hydrogens (tertiary/aromatic N) is 4. The SMILES string of the molecule is C[C@@H]1CCc2c(sc(NC(=O)c3cnn4c(C(F)(F)F)cc(-c5ccccc5)nc34)c2C#N)C1. The van der Waals surface area contributed by atoms with E-state index in [1.54, 1.807) is 30.3 Å². The molecule has 1 aromatic carbocycles. The van der Waals surface area contributed by atoms with Crippen molar-refractivity contribution in [3.05, 3.63) is 69.9 Å². The van der Waals surface area contributed by atoms with Gasteiger partial charge >= 0.3 is 6.18 Å². The summed E-state index contributed by atoms with van der Waals surface area (Å²) in [4.78, 5) is 18.6. The first-order chi connectivity index (χ1) is 16.3. The van der Waals surface area contributed by atoms with Gasteiger partial charge in [0.15, 0.2) is 11.3 Å². The Morgan fingerprint density at radius 1 is 1.29 bits per heavy atom. The van der Waals surface area contributed by atoms with E-state index in [1.807, 2.05) is 0 Å². The second kappa shape index (κ2) is 8.25. The quantitative estimate of drug-likeness (QED) is 0.405. The highest BCUT2D eigenvalue weighted by atomic mass is 32.1. The lowest BCUT2D eigenvalue weighted by Gasteiger charge is -2.17. The predicted octanol–water partition coefficient (Wildman–Crippen LogP) is 5.73. The molecule has 1 amide bonds. The van der Waals surface area contributed by atoms with E-state index in [1.165, 1.54) is 11.3 Å². The van der Waals surface area contributed by atoms with E-state index in [4.69, 9.17) is 0 Å². The molecular formula is C24H18F3N5OS. The standard InChI is InChI=1S/C24H18F3N5OS/c1-13-7-8-15-16(11-28)23(34-19(15)9-13)31-22(33)17-12-29-32-20(24(25,26)27)10-18(30-21(17)32)14-5-3-2-4-6-14/h2-6,10,12-13H,7-9H2,1H3,(H,31,33)/t13-/m1/s1. The molecule has 1 aliphatic rings. The minimum atomic E-state index is -4.71. The fraction of sp³-hybridized carbons (Fsp3) is 0.250.